The van der Waals surface area contributed by atoms with E-state index in [1.54, 1.807) is 55.5 Å². The molecular formula is C21H21N3O3S. The maximum atomic E-state index is 12.7. The summed E-state index contributed by atoms with van der Waals surface area (Å²) in [6.07, 6.45) is 1.45. The zero-order valence-corrected chi connectivity index (χ0v) is 16.7. The van der Waals surface area contributed by atoms with Crippen LogP contribution in [0.3, 0.4) is 0 Å². The van der Waals surface area contributed by atoms with Crippen LogP contribution >= 0.6 is 0 Å². The SMILES string of the molecule is CC(=O)c1ccc(Nc2ccc(NS(=O)(=O)c3cc(C)ccc3C)cn2)cc1. The highest BCUT2D eigenvalue weighted by atomic mass is 32.2. The van der Waals surface area contributed by atoms with Crippen molar-refractivity contribution in [2.24, 2.45) is 0 Å². The van der Waals surface area contributed by atoms with Crippen LogP contribution in [0.25, 0.3) is 0 Å². The number of aromatic nitrogens is 1. The van der Waals surface area contributed by atoms with Crippen LogP contribution in [0, 0.1) is 13.8 Å². The molecule has 2 aromatic carbocycles. The Bertz CT molecular complexity index is 1110. The number of hydrogen-bond acceptors (Lipinski definition) is 5. The summed E-state index contributed by atoms with van der Waals surface area (Å²) < 4.78 is 27.9. The van der Waals surface area contributed by atoms with Crippen LogP contribution in [0.15, 0.2) is 65.7 Å². The first-order valence-electron chi connectivity index (χ1n) is 8.69. The number of anilines is 3. The summed E-state index contributed by atoms with van der Waals surface area (Å²) in [5.41, 5.74) is 3.34. The molecule has 0 radical (unpaired) electrons. The lowest BCUT2D eigenvalue weighted by atomic mass is 10.1. The smallest absolute Gasteiger partial charge is 0.262 e. The number of ketones is 1. The first-order chi connectivity index (χ1) is 13.2. The molecule has 2 N–H and O–H groups in total. The summed E-state index contributed by atoms with van der Waals surface area (Å²) in [4.78, 5) is 15.8. The van der Waals surface area contributed by atoms with Crippen LogP contribution in [0.4, 0.5) is 17.2 Å². The minimum Gasteiger partial charge on any atom is -0.340 e. The highest BCUT2D eigenvalue weighted by Gasteiger charge is 2.17. The number of hydrogen-bond donors (Lipinski definition) is 2. The van der Waals surface area contributed by atoms with Gasteiger partial charge in [-0.25, -0.2) is 13.4 Å². The van der Waals surface area contributed by atoms with Crippen molar-refractivity contribution in [3.63, 3.8) is 0 Å². The lowest BCUT2D eigenvalue weighted by Gasteiger charge is -2.12. The molecule has 7 heteroatoms. The Labute approximate surface area is 164 Å². The van der Waals surface area contributed by atoms with E-state index >= 15 is 0 Å². The summed E-state index contributed by atoms with van der Waals surface area (Å²) >= 11 is 0. The molecule has 0 saturated heterocycles. The Morgan fingerprint density at radius 3 is 2.21 bits per heavy atom. The topological polar surface area (TPSA) is 88.2 Å². The lowest BCUT2D eigenvalue weighted by molar-refractivity contribution is 0.101. The van der Waals surface area contributed by atoms with Crippen LogP contribution in [0.2, 0.25) is 0 Å². The number of nitrogens with one attached hydrogen (secondary N) is 2. The quantitative estimate of drug-likeness (QED) is 0.602. The first-order valence-corrected chi connectivity index (χ1v) is 10.2. The van der Waals surface area contributed by atoms with Gasteiger partial charge >= 0.3 is 0 Å². The van der Waals surface area contributed by atoms with Crippen molar-refractivity contribution >= 4 is 33.0 Å². The number of nitrogens with zero attached hydrogens (tertiary/aromatic N) is 1. The third-order valence-electron chi connectivity index (χ3n) is 4.21. The van der Waals surface area contributed by atoms with Crippen molar-refractivity contribution in [3.05, 3.63) is 77.5 Å². The van der Waals surface area contributed by atoms with Crippen molar-refractivity contribution in [2.45, 2.75) is 25.7 Å². The van der Waals surface area contributed by atoms with Crippen LogP contribution < -0.4 is 10.0 Å². The molecule has 0 spiro atoms. The highest BCUT2D eigenvalue weighted by molar-refractivity contribution is 7.92. The maximum Gasteiger partial charge on any atom is 0.262 e. The minimum absolute atomic E-state index is 0.00478. The zero-order chi connectivity index (χ0) is 20.3. The van der Waals surface area contributed by atoms with Crippen molar-refractivity contribution in [2.75, 3.05) is 10.0 Å². The fourth-order valence-electron chi connectivity index (χ4n) is 2.67. The molecule has 0 saturated carbocycles. The number of Topliss-reactive ketones (excluding diaryl/α,β-unsaturated/α-hetero) is 1. The van der Waals surface area contributed by atoms with E-state index in [2.05, 4.69) is 15.0 Å². The molecule has 0 atom stereocenters. The molecule has 3 aromatic rings. The van der Waals surface area contributed by atoms with Gasteiger partial charge in [0, 0.05) is 11.3 Å². The molecule has 0 aliphatic carbocycles. The van der Waals surface area contributed by atoms with Crippen LogP contribution in [-0.2, 0) is 10.0 Å². The molecule has 0 fully saturated rings. The number of carbonyl (C=O) groups is 1. The predicted octanol–water partition coefficient (Wildman–Crippen LogP) is 4.45. The van der Waals surface area contributed by atoms with E-state index in [1.165, 1.54) is 13.1 Å². The van der Waals surface area contributed by atoms with Gasteiger partial charge in [-0.3, -0.25) is 9.52 Å². The van der Waals surface area contributed by atoms with E-state index in [0.717, 1.165) is 11.3 Å². The average molecular weight is 395 g/mol. The Hall–Kier alpha value is -3.19. The monoisotopic (exact) mass is 395 g/mol. The van der Waals surface area contributed by atoms with Crippen LogP contribution in [0.1, 0.15) is 28.4 Å². The van der Waals surface area contributed by atoms with Gasteiger partial charge < -0.3 is 5.32 Å². The molecule has 28 heavy (non-hydrogen) atoms. The van der Waals surface area contributed by atoms with Crippen molar-refractivity contribution in [3.8, 4) is 0 Å². The molecule has 144 valence electrons. The molecule has 1 aromatic heterocycles. The number of benzene rings is 2. The Kier molecular flexibility index (Phi) is 5.46. The summed E-state index contributed by atoms with van der Waals surface area (Å²) in [5.74, 6) is 0.565. The largest absolute Gasteiger partial charge is 0.340 e. The number of rotatable bonds is 6. The van der Waals surface area contributed by atoms with Crippen molar-refractivity contribution < 1.29 is 13.2 Å². The van der Waals surface area contributed by atoms with Gasteiger partial charge in [-0.1, -0.05) is 12.1 Å². The molecule has 0 aliphatic heterocycles. The molecule has 1 heterocycles. The first kappa shape index (κ1) is 19.6. The second-order valence-corrected chi connectivity index (χ2v) is 8.22. The number of carbonyl (C=O) groups excluding carboxylic acids is 1. The van der Waals surface area contributed by atoms with Gasteiger partial charge in [0.15, 0.2) is 5.78 Å². The molecule has 3 rings (SSSR count). The normalized spacial score (nSPS) is 11.1. The van der Waals surface area contributed by atoms with Gasteiger partial charge in [-0.2, -0.15) is 0 Å². The van der Waals surface area contributed by atoms with Gasteiger partial charge in [-0.15, -0.1) is 0 Å². The Balaban J connectivity index is 1.73. The third-order valence-corrected chi connectivity index (χ3v) is 5.74. The van der Waals surface area contributed by atoms with Gasteiger partial charge in [0.05, 0.1) is 16.8 Å². The van der Waals surface area contributed by atoms with E-state index in [0.29, 0.717) is 22.6 Å². The molecular weight excluding hydrogens is 374 g/mol. The fourth-order valence-corrected chi connectivity index (χ4v) is 4.05. The summed E-state index contributed by atoms with van der Waals surface area (Å²) in [6, 6.07) is 15.7. The standard InChI is InChI=1S/C21H21N3O3S/c1-14-4-5-15(2)20(12-14)28(26,27)24-19-10-11-21(22-13-19)23-18-8-6-17(7-9-18)16(3)25/h4-13,24H,1-3H3,(H,22,23). The van der Waals surface area contributed by atoms with Gasteiger partial charge in [-0.05, 0) is 74.4 Å². The Morgan fingerprint density at radius 1 is 0.929 bits per heavy atom. The van der Waals surface area contributed by atoms with Crippen LogP contribution in [-0.4, -0.2) is 19.2 Å². The molecule has 0 aliphatic rings. The molecule has 0 bridgehead atoms. The molecule has 6 nitrogen and oxygen atoms in total. The zero-order valence-electron chi connectivity index (χ0n) is 15.9. The lowest BCUT2D eigenvalue weighted by Crippen LogP contribution is -2.14. The minimum atomic E-state index is -3.69. The van der Waals surface area contributed by atoms with Crippen LogP contribution in [0.5, 0.6) is 0 Å². The molecule has 0 amide bonds. The summed E-state index contributed by atoms with van der Waals surface area (Å²) in [7, 11) is -3.69. The average Bonchev–Trinajstić information content (AvgIpc) is 2.65. The molecule has 0 unspecified atom stereocenters. The maximum absolute atomic E-state index is 12.7. The highest BCUT2D eigenvalue weighted by Crippen LogP contribution is 2.22. The van der Waals surface area contributed by atoms with E-state index in [1.807, 2.05) is 13.0 Å². The van der Waals surface area contributed by atoms with Crippen molar-refractivity contribution in [1.29, 1.82) is 0 Å². The van der Waals surface area contributed by atoms with Gasteiger partial charge in [0.2, 0.25) is 0 Å². The predicted molar refractivity (Wildman–Crippen MR) is 111 cm³/mol. The number of sulfonamides is 1. The van der Waals surface area contributed by atoms with Gasteiger partial charge in [0.25, 0.3) is 10.0 Å². The second-order valence-electron chi connectivity index (χ2n) is 6.57. The fraction of sp³-hybridized carbons (Fsp3) is 0.143. The summed E-state index contributed by atoms with van der Waals surface area (Å²) in [6.45, 7) is 5.13. The van der Waals surface area contributed by atoms with E-state index in [9.17, 15) is 13.2 Å². The van der Waals surface area contributed by atoms with E-state index in [4.69, 9.17) is 0 Å². The second kappa shape index (κ2) is 7.82. The van der Waals surface area contributed by atoms with Gasteiger partial charge in [0.1, 0.15) is 5.82 Å². The third kappa shape index (κ3) is 4.55. The van der Waals surface area contributed by atoms with E-state index in [-0.39, 0.29) is 10.7 Å². The van der Waals surface area contributed by atoms with Crippen molar-refractivity contribution in [1.82, 2.24) is 4.98 Å². The van der Waals surface area contributed by atoms with E-state index < -0.39 is 10.0 Å². The number of pyridine rings is 1. The Morgan fingerprint density at radius 2 is 1.61 bits per heavy atom. The number of aryl methyl sites for hydroxylation is 2. The summed E-state index contributed by atoms with van der Waals surface area (Å²) in [5, 5.41) is 3.11.